The molecule has 1 unspecified atom stereocenters. The Morgan fingerprint density at radius 1 is 1.03 bits per heavy atom. The van der Waals surface area contributed by atoms with Crippen molar-refractivity contribution >= 4 is 35.6 Å². The Bertz CT molecular complexity index is 1410. The summed E-state index contributed by atoms with van der Waals surface area (Å²) in [6.45, 7) is 2.36. The second-order valence-electron chi connectivity index (χ2n) is 10.5. The molecule has 2 aliphatic rings. The maximum Gasteiger partial charge on any atom is 0.194 e. The fraction of sp³-hybridized carbons (Fsp3) is 0.345. The number of nitrogens with zero attached hydrogens (tertiary/aromatic N) is 1. The molecule has 0 bridgehead atoms. The molecular weight excluding hydrogens is 487 g/mol. The number of hydrogen-bond acceptors (Lipinski definition) is 6. The van der Waals surface area contributed by atoms with Crippen molar-refractivity contribution in [3.8, 4) is 5.75 Å². The van der Waals surface area contributed by atoms with Gasteiger partial charge in [0.15, 0.2) is 13.5 Å². The molecule has 186 valence electrons. The number of aromatic nitrogens is 1. The zero-order chi connectivity index (χ0) is 24.9. The smallest absolute Gasteiger partial charge is 0.194 e. The summed E-state index contributed by atoms with van der Waals surface area (Å²) in [5.41, 5.74) is 6.24. The first kappa shape index (κ1) is 23.9. The fourth-order valence-corrected chi connectivity index (χ4v) is 7.70. The summed E-state index contributed by atoms with van der Waals surface area (Å²) in [5, 5.41) is 18.3. The van der Waals surface area contributed by atoms with Crippen LogP contribution in [0.3, 0.4) is 0 Å². The maximum absolute atomic E-state index is 10.6. The van der Waals surface area contributed by atoms with Crippen molar-refractivity contribution in [2.45, 2.75) is 62.6 Å². The number of phenolic OH excluding ortho intramolecular Hbond substituents is 1. The van der Waals surface area contributed by atoms with Crippen LogP contribution in [0.15, 0.2) is 60.0 Å². The minimum atomic E-state index is -2.40. The average molecular weight is 519 g/mol. The molecular formula is C29H31N2O3PS. The van der Waals surface area contributed by atoms with Gasteiger partial charge in [-0.15, -0.1) is 11.3 Å². The predicted molar refractivity (Wildman–Crippen MR) is 148 cm³/mol. The summed E-state index contributed by atoms with van der Waals surface area (Å²) in [5.74, 6) is -0.405. The van der Waals surface area contributed by atoms with Crippen LogP contribution in [0.4, 0.5) is 5.13 Å². The lowest BCUT2D eigenvalue weighted by molar-refractivity contribution is 0.221. The molecule has 0 radical (unpaired) electrons. The summed E-state index contributed by atoms with van der Waals surface area (Å²) < 4.78 is 0. The molecule has 2 aliphatic carbocycles. The Kier molecular flexibility index (Phi) is 6.25. The number of rotatable bonds is 6. The van der Waals surface area contributed by atoms with Crippen LogP contribution >= 0.6 is 19.7 Å². The Balaban J connectivity index is 1.20. The van der Waals surface area contributed by atoms with E-state index in [1.54, 1.807) is 6.07 Å². The van der Waals surface area contributed by atoms with Crippen LogP contribution in [-0.2, 0) is 18.3 Å². The van der Waals surface area contributed by atoms with E-state index in [0.29, 0.717) is 16.6 Å². The van der Waals surface area contributed by atoms with E-state index >= 15 is 0 Å². The van der Waals surface area contributed by atoms with Crippen LogP contribution in [0.5, 0.6) is 5.75 Å². The lowest BCUT2D eigenvalue weighted by Gasteiger charge is -2.45. The van der Waals surface area contributed by atoms with Crippen molar-refractivity contribution in [2.75, 3.05) is 5.32 Å². The number of phenols is 1. The SMILES string of the molecule is CC1(c2ccc3c(c2)CCCC3)CC(c2csc(NC(c3c(O)ccc4ccccc34)P(O)O)n2)C1. The minimum Gasteiger partial charge on any atom is -0.508 e. The molecule has 1 fully saturated rings. The van der Waals surface area contributed by atoms with Gasteiger partial charge in [0.1, 0.15) is 11.5 Å². The van der Waals surface area contributed by atoms with Crippen molar-refractivity contribution in [1.82, 2.24) is 4.98 Å². The Hall–Kier alpha value is -2.50. The molecule has 3 aromatic carbocycles. The van der Waals surface area contributed by atoms with E-state index < -0.39 is 14.2 Å². The van der Waals surface area contributed by atoms with Crippen molar-refractivity contribution in [2.24, 2.45) is 0 Å². The summed E-state index contributed by atoms with van der Waals surface area (Å²) in [4.78, 5) is 25.4. The predicted octanol–water partition coefficient (Wildman–Crippen LogP) is 7.12. The maximum atomic E-state index is 10.6. The molecule has 1 heterocycles. The lowest BCUT2D eigenvalue weighted by Crippen LogP contribution is -2.37. The number of nitrogens with one attached hydrogen (secondary N) is 1. The van der Waals surface area contributed by atoms with Gasteiger partial charge >= 0.3 is 0 Å². The summed E-state index contributed by atoms with van der Waals surface area (Å²) >= 11 is 1.48. The molecule has 0 aliphatic heterocycles. The van der Waals surface area contributed by atoms with Gasteiger partial charge < -0.3 is 20.2 Å². The molecule has 4 aromatic rings. The van der Waals surface area contributed by atoms with Crippen LogP contribution in [0.25, 0.3) is 10.8 Å². The first-order chi connectivity index (χ1) is 17.4. The second kappa shape index (κ2) is 9.42. The number of aryl methyl sites for hydroxylation is 2. The highest BCUT2D eigenvalue weighted by Crippen LogP contribution is 2.54. The van der Waals surface area contributed by atoms with Crippen molar-refractivity contribution in [1.29, 1.82) is 0 Å². The lowest BCUT2D eigenvalue weighted by atomic mass is 9.59. The van der Waals surface area contributed by atoms with Gasteiger partial charge in [-0.3, -0.25) is 0 Å². The fourth-order valence-electron chi connectivity index (χ4n) is 6.06. The summed E-state index contributed by atoms with van der Waals surface area (Å²) in [7, 11) is -2.40. The average Bonchev–Trinajstić information content (AvgIpc) is 3.33. The van der Waals surface area contributed by atoms with Crippen molar-refractivity contribution in [3.63, 3.8) is 0 Å². The number of aromatic hydroxyl groups is 1. The highest BCUT2D eigenvalue weighted by Gasteiger charge is 2.43. The zero-order valence-electron chi connectivity index (χ0n) is 20.3. The molecule has 1 atom stereocenters. The van der Waals surface area contributed by atoms with E-state index in [-0.39, 0.29) is 11.2 Å². The van der Waals surface area contributed by atoms with Gasteiger partial charge in [0, 0.05) is 16.9 Å². The highest BCUT2D eigenvalue weighted by molar-refractivity contribution is 7.45. The summed E-state index contributed by atoms with van der Waals surface area (Å²) in [6, 6.07) is 18.2. The van der Waals surface area contributed by atoms with Crippen LogP contribution < -0.4 is 5.32 Å². The van der Waals surface area contributed by atoms with E-state index in [1.807, 2.05) is 30.3 Å². The molecule has 0 spiro atoms. The standard InChI is InChI=1S/C29H31N2O3PS/c1-29(22-12-10-18-6-2-3-8-20(18)14-22)15-21(16-29)24-17-36-28(30-24)31-27(35(33)34)26-23-9-5-4-7-19(23)11-13-25(26)32/h4-5,7,9-14,17,21,27,32-34H,2-3,6,8,15-16H2,1H3,(H,30,31). The molecule has 1 saturated carbocycles. The molecule has 0 saturated heterocycles. The van der Waals surface area contributed by atoms with E-state index in [2.05, 4.69) is 35.8 Å². The first-order valence-electron chi connectivity index (χ1n) is 12.6. The van der Waals surface area contributed by atoms with Gasteiger partial charge in [0.25, 0.3) is 0 Å². The quantitative estimate of drug-likeness (QED) is 0.204. The van der Waals surface area contributed by atoms with E-state index in [1.165, 1.54) is 53.7 Å². The van der Waals surface area contributed by atoms with Crippen molar-refractivity contribution in [3.05, 3.63) is 87.9 Å². The zero-order valence-corrected chi connectivity index (χ0v) is 22.0. The normalized spacial score (nSPS) is 22.3. The molecule has 5 nitrogen and oxygen atoms in total. The van der Waals surface area contributed by atoms with Gasteiger partial charge in [-0.05, 0) is 77.5 Å². The number of hydrogen-bond donors (Lipinski definition) is 4. The number of anilines is 1. The third-order valence-electron chi connectivity index (χ3n) is 8.09. The molecule has 36 heavy (non-hydrogen) atoms. The third-order valence-corrected chi connectivity index (χ3v) is 9.73. The molecule has 1 aromatic heterocycles. The molecule has 7 heteroatoms. The Morgan fingerprint density at radius 3 is 2.61 bits per heavy atom. The van der Waals surface area contributed by atoms with Gasteiger partial charge in [0.2, 0.25) is 0 Å². The van der Waals surface area contributed by atoms with Gasteiger partial charge in [-0.2, -0.15) is 0 Å². The molecule has 4 N–H and O–H groups in total. The van der Waals surface area contributed by atoms with Crippen molar-refractivity contribution < 1.29 is 14.9 Å². The van der Waals surface area contributed by atoms with Gasteiger partial charge in [-0.1, -0.05) is 55.5 Å². The number of benzene rings is 3. The number of fused-ring (bicyclic) bond motifs is 2. The monoisotopic (exact) mass is 518 g/mol. The summed E-state index contributed by atoms with van der Waals surface area (Å²) in [6.07, 6.45) is 7.15. The Morgan fingerprint density at radius 2 is 1.81 bits per heavy atom. The minimum absolute atomic E-state index is 0.0402. The molecule has 0 amide bonds. The van der Waals surface area contributed by atoms with Crippen LogP contribution in [0.2, 0.25) is 0 Å². The third kappa shape index (κ3) is 4.31. The topological polar surface area (TPSA) is 85.6 Å². The van der Waals surface area contributed by atoms with Crippen LogP contribution in [-0.4, -0.2) is 19.9 Å². The Labute approximate surface area is 216 Å². The van der Waals surface area contributed by atoms with Crippen LogP contribution in [0, 0.1) is 0 Å². The second-order valence-corrected chi connectivity index (χ2v) is 12.5. The highest BCUT2D eigenvalue weighted by atomic mass is 32.1. The first-order valence-corrected chi connectivity index (χ1v) is 14.8. The molecule has 6 rings (SSSR count). The van der Waals surface area contributed by atoms with E-state index in [9.17, 15) is 14.9 Å². The van der Waals surface area contributed by atoms with Crippen LogP contribution in [0.1, 0.15) is 72.3 Å². The van der Waals surface area contributed by atoms with E-state index in [0.717, 1.165) is 29.3 Å². The van der Waals surface area contributed by atoms with Gasteiger partial charge in [0.05, 0.1) is 5.69 Å². The van der Waals surface area contributed by atoms with Gasteiger partial charge in [-0.25, -0.2) is 4.98 Å². The van der Waals surface area contributed by atoms with E-state index in [4.69, 9.17) is 4.98 Å². The number of thiazole rings is 1. The largest absolute Gasteiger partial charge is 0.508 e.